The van der Waals surface area contributed by atoms with Crippen molar-refractivity contribution in [1.82, 2.24) is 0 Å². The molecule has 0 atom stereocenters. The Morgan fingerprint density at radius 1 is 0.524 bits per heavy atom. The predicted molar refractivity (Wildman–Crippen MR) is 98.7 cm³/mol. The Hall–Kier alpha value is 0. The van der Waals surface area contributed by atoms with E-state index in [1.807, 2.05) is 27.7 Å². The van der Waals surface area contributed by atoms with Gasteiger partial charge in [-0.05, 0) is 54.8 Å². The molecule has 0 saturated heterocycles. The summed E-state index contributed by atoms with van der Waals surface area (Å²) in [6.45, 7) is 18.0. The van der Waals surface area contributed by atoms with Crippen molar-refractivity contribution < 1.29 is 0 Å². The summed E-state index contributed by atoms with van der Waals surface area (Å²) in [6.07, 6.45) is 11.9. The highest BCUT2D eigenvalue weighted by atomic mass is 14.4. The first kappa shape index (κ1) is 21.0. The predicted octanol–water partition coefficient (Wildman–Crippen LogP) is 7.72. The van der Waals surface area contributed by atoms with Crippen molar-refractivity contribution in [3.63, 3.8) is 0 Å². The minimum Gasteiger partial charge on any atom is -0.0683 e. The molecule has 21 heavy (non-hydrogen) atoms. The highest BCUT2D eigenvalue weighted by Crippen LogP contribution is 2.49. The van der Waals surface area contributed by atoms with E-state index in [2.05, 4.69) is 27.7 Å². The first-order valence-electron chi connectivity index (χ1n) is 10.00. The quantitative estimate of drug-likeness (QED) is 0.489. The van der Waals surface area contributed by atoms with Crippen LogP contribution in [0.1, 0.15) is 107 Å². The molecule has 0 heterocycles. The third-order valence-corrected chi connectivity index (χ3v) is 6.14. The Labute approximate surface area is 136 Å². The maximum Gasteiger partial charge on any atom is -0.0298 e. The fourth-order valence-electron chi connectivity index (χ4n) is 4.34. The molecule has 0 aromatic carbocycles. The Kier molecular flexibility index (Phi) is 10.7. The zero-order chi connectivity index (χ0) is 16.5. The average Bonchev–Trinajstić information content (AvgIpc) is 2.52. The second-order valence-electron chi connectivity index (χ2n) is 7.73. The van der Waals surface area contributed by atoms with E-state index in [1.165, 1.54) is 51.4 Å². The molecule has 2 saturated carbocycles. The van der Waals surface area contributed by atoms with Crippen molar-refractivity contribution in [2.45, 2.75) is 107 Å². The molecular weight excluding hydrogens is 252 g/mol. The van der Waals surface area contributed by atoms with Gasteiger partial charge in [0.1, 0.15) is 0 Å². The first-order chi connectivity index (χ1) is 10.00. The van der Waals surface area contributed by atoms with Crippen LogP contribution in [0.15, 0.2) is 0 Å². The van der Waals surface area contributed by atoms with E-state index < -0.39 is 0 Å². The molecule has 0 spiro atoms. The SMILES string of the molecule is CC.CC.CC1CCC(C(C)(C)C2CCC(C)CC2)CC1. The molecule has 0 unspecified atom stereocenters. The third kappa shape index (κ3) is 6.33. The van der Waals surface area contributed by atoms with Gasteiger partial charge in [-0.15, -0.1) is 0 Å². The van der Waals surface area contributed by atoms with Crippen LogP contribution < -0.4 is 0 Å². The lowest BCUT2D eigenvalue weighted by atomic mass is 9.59. The maximum atomic E-state index is 2.58. The van der Waals surface area contributed by atoms with Gasteiger partial charge >= 0.3 is 0 Å². The van der Waals surface area contributed by atoms with Crippen LogP contribution in [0, 0.1) is 29.1 Å². The Bertz CT molecular complexity index is 200. The summed E-state index contributed by atoms with van der Waals surface area (Å²) < 4.78 is 0. The minimum atomic E-state index is 0.611. The van der Waals surface area contributed by atoms with E-state index in [9.17, 15) is 0 Å². The van der Waals surface area contributed by atoms with E-state index in [0.717, 1.165) is 23.7 Å². The highest BCUT2D eigenvalue weighted by Gasteiger charge is 2.39. The van der Waals surface area contributed by atoms with E-state index in [4.69, 9.17) is 0 Å². The van der Waals surface area contributed by atoms with Crippen LogP contribution in [-0.4, -0.2) is 0 Å². The number of rotatable bonds is 2. The van der Waals surface area contributed by atoms with Gasteiger partial charge in [-0.2, -0.15) is 0 Å². The van der Waals surface area contributed by atoms with Crippen LogP contribution in [0.3, 0.4) is 0 Å². The van der Waals surface area contributed by atoms with Gasteiger partial charge in [0.05, 0.1) is 0 Å². The number of hydrogen-bond acceptors (Lipinski definition) is 0. The molecule has 2 fully saturated rings. The van der Waals surface area contributed by atoms with Crippen molar-refractivity contribution in [2.75, 3.05) is 0 Å². The largest absolute Gasteiger partial charge is 0.0683 e. The van der Waals surface area contributed by atoms with E-state index >= 15 is 0 Å². The van der Waals surface area contributed by atoms with E-state index in [-0.39, 0.29) is 0 Å². The van der Waals surface area contributed by atoms with E-state index in [1.54, 1.807) is 0 Å². The summed E-state index contributed by atoms with van der Waals surface area (Å²) >= 11 is 0. The summed E-state index contributed by atoms with van der Waals surface area (Å²) in [5, 5.41) is 0. The highest BCUT2D eigenvalue weighted by molar-refractivity contribution is 4.89. The average molecular weight is 297 g/mol. The van der Waals surface area contributed by atoms with Gasteiger partial charge in [-0.3, -0.25) is 0 Å². The van der Waals surface area contributed by atoms with Crippen LogP contribution >= 0.6 is 0 Å². The van der Waals surface area contributed by atoms with Gasteiger partial charge in [0.15, 0.2) is 0 Å². The van der Waals surface area contributed by atoms with Crippen LogP contribution in [-0.2, 0) is 0 Å². The van der Waals surface area contributed by atoms with Gasteiger partial charge in [0.25, 0.3) is 0 Å². The third-order valence-electron chi connectivity index (χ3n) is 6.14. The Morgan fingerprint density at radius 3 is 1.00 bits per heavy atom. The molecule has 0 aliphatic heterocycles. The minimum absolute atomic E-state index is 0.611. The van der Waals surface area contributed by atoms with Gasteiger partial charge in [-0.1, -0.05) is 81.1 Å². The zero-order valence-corrected chi connectivity index (χ0v) is 16.5. The molecule has 0 aromatic heterocycles. The zero-order valence-electron chi connectivity index (χ0n) is 16.5. The molecule has 0 heteroatoms. The lowest BCUT2D eigenvalue weighted by Crippen LogP contribution is -2.36. The van der Waals surface area contributed by atoms with Crippen molar-refractivity contribution in [3.8, 4) is 0 Å². The second kappa shape index (κ2) is 10.7. The van der Waals surface area contributed by atoms with Gasteiger partial charge in [0.2, 0.25) is 0 Å². The molecular formula is C21H44. The molecule has 2 aliphatic rings. The standard InChI is InChI=1S/C17H32.2C2H6/c1-13-5-9-15(10-6-13)17(3,4)16-11-7-14(2)8-12-16;2*1-2/h13-16H,5-12H2,1-4H3;2*1-2H3. The molecule has 0 amide bonds. The lowest BCUT2D eigenvalue weighted by Gasteiger charge is -2.46. The second-order valence-corrected chi connectivity index (χ2v) is 7.73. The molecule has 2 rings (SSSR count). The van der Waals surface area contributed by atoms with Crippen LogP contribution in [0.25, 0.3) is 0 Å². The number of hydrogen-bond donors (Lipinski definition) is 0. The Balaban J connectivity index is 0.000000921. The lowest BCUT2D eigenvalue weighted by molar-refractivity contribution is 0.0421. The fraction of sp³-hybridized carbons (Fsp3) is 1.00. The molecule has 0 aromatic rings. The van der Waals surface area contributed by atoms with Gasteiger partial charge < -0.3 is 0 Å². The van der Waals surface area contributed by atoms with Gasteiger partial charge in [0, 0.05) is 0 Å². The summed E-state index contributed by atoms with van der Waals surface area (Å²) in [4.78, 5) is 0. The first-order valence-corrected chi connectivity index (χ1v) is 10.00. The van der Waals surface area contributed by atoms with Crippen LogP contribution in [0.2, 0.25) is 0 Å². The van der Waals surface area contributed by atoms with Crippen molar-refractivity contribution in [1.29, 1.82) is 0 Å². The van der Waals surface area contributed by atoms with E-state index in [0.29, 0.717) is 5.41 Å². The summed E-state index contributed by atoms with van der Waals surface area (Å²) in [5.41, 5.74) is 0.611. The van der Waals surface area contributed by atoms with Crippen molar-refractivity contribution >= 4 is 0 Å². The summed E-state index contributed by atoms with van der Waals surface area (Å²) in [7, 11) is 0. The van der Waals surface area contributed by atoms with Crippen molar-refractivity contribution in [2.24, 2.45) is 29.1 Å². The Morgan fingerprint density at radius 2 is 0.762 bits per heavy atom. The normalized spacial score (nSPS) is 33.1. The van der Waals surface area contributed by atoms with Crippen LogP contribution in [0.4, 0.5) is 0 Å². The molecule has 0 nitrogen and oxygen atoms in total. The monoisotopic (exact) mass is 296 g/mol. The molecule has 2 aliphatic carbocycles. The van der Waals surface area contributed by atoms with Crippen molar-refractivity contribution in [3.05, 3.63) is 0 Å². The summed E-state index contributed by atoms with van der Waals surface area (Å²) in [5.74, 6) is 4.01. The molecule has 0 N–H and O–H groups in total. The maximum absolute atomic E-state index is 2.58. The fourth-order valence-corrected chi connectivity index (χ4v) is 4.34. The molecule has 128 valence electrons. The molecule has 0 bridgehead atoms. The summed E-state index contributed by atoms with van der Waals surface area (Å²) in [6, 6.07) is 0. The topological polar surface area (TPSA) is 0 Å². The smallest absolute Gasteiger partial charge is 0.0298 e. The van der Waals surface area contributed by atoms with Crippen LogP contribution in [0.5, 0.6) is 0 Å². The molecule has 0 radical (unpaired) electrons. The van der Waals surface area contributed by atoms with Gasteiger partial charge in [-0.25, -0.2) is 0 Å².